The quantitative estimate of drug-likeness (QED) is 0.781. The number of benzene rings is 2. The van der Waals surface area contributed by atoms with Crippen LogP contribution in [0.15, 0.2) is 60.7 Å². The summed E-state index contributed by atoms with van der Waals surface area (Å²) in [5.74, 6) is 0.528. The summed E-state index contributed by atoms with van der Waals surface area (Å²) in [7, 11) is 2.19. The summed E-state index contributed by atoms with van der Waals surface area (Å²) in [6, 6.07) is 20.5. The van der Waals surface area contributed by atoms with Crippen LogP contribution in [0.25, 0.3) is 0 Å². The Morgan fingerprint density at radius 3 is 2.08 bits per heavy atom. The number of ether oxygens (including phenoxy) is 1. The van der Waals surface area contributed by atoms with Crippen LogP contribution in [0.5, 0.6) is 0 Å². The molecule has 0 spiro atoms. The Bertz CT molecular complexity index is 717. The van der Waals surface area contributed by atoms with E-state index in [-0.39, 0.29) is 12.1 Å². The Hall–Kier alpha value is -2.13. The maximum absolute atomic E-state index is 13.4. The molecule has 3 heteroatoms. The van der Waals surface area contributed by atoms with Crippen LogP contribution in [0.1, 0.15) is 37.3 Å². The van der Waals surface area contributed by atoms with Crippen molar-refractivity contribution in [3.8, 4) is 0 Å². The molecule has 0 aromatic heterocycles. The van der Waals surface area contributed by atoms with Gasteiger partial charge in [0.25, 0.3) is 0 Å². The lowest BCUT2D eigenvalue weighted by Crippen LogP contribution is -2.40. The summed E-state index contributed by atoms with van der Waals surface area (Å²) >= 11 is 0. The van der Waals surface area contributed by atoms with Crippen LogP contribution in [-0.4, -0.2) is 36.6 Å². The van der Waals surface area contributed by atoms with Crippen LogP contribution >= 0.6 is 0 Å². The number of carbonyl (C=O) groups is 1. The standard InChI is InChI=1S/C23H27NO2/c1-23(18-9-5-3-6-10-18,19-11-7-4-8-12-19)22(25)26-21-14-17-13-20(15-21)24(2)16-17/h3-12,17,20-21H,13-16H2,1-2H3/t17?,20?,21-/m1/s1. The molecule has 2 fully saturated rings. The van der Waals surface area contributed by atoms with Crippen molar-refractivity contribution in [1.29, 1.82) is 0 Å². The zero-order valence-electron chi connectivity index (χ0n) is 15.6. The lowest BCUT2D eigenvalue weighted by Gasteiger charge is -2.33. The van der Waals surface area contributed by atoms with Crippen LogP contribution in [0, 0.1) is 5.92 Å². The van der Waals surface area contributed by atoms with Gasteiger partial charge in [0.1, 0.15) is 11.5 Å². The number of hydrogen-bond donors (Lipinski definition) is 0. The van der Waals surface area contributed by atoms with Crippen molar-refractivity contribution in [3.05, 3.63) is 71.8 Å². The van der Waals surface area contributed by atoms with E-state index < -0.39 is 5.41 Å². The monoisotopic (exact) mass is 349 g/mol. The first-order valence-corrected chi connectivity index (χ1v) is 9.59. The fourth-order valence-electron chi connectivity index (χ4n) is 4.72. The molecule has 2 aliphatic rings. The van der Waals surface area contributed by atoms with Gasteiger partial charge in [-0.1, -0.05) is 60.7 Å². The van der Waals surface area contributed by atoms with Crippen molar-refractivity contribution in [3.63, 3.8) is 0 Å². The van der Waals surface area contributed by atoms with Crippen LogP contribution < -0.4 is 0 Å². The third-order valence-corrected chi connectivity index (χ3v) is 6.29. The van der Waals surface area contributed by atoms with E-state index in [9.17, 15) is 4.79 Å². The van der Waals surface area contributed by atoms with E-state index >= 15 is 0 Å². The topological polar surface area (TPSA) is 29.5 Å². The lowest BCUT2D eigenvalue weighted by molar-refractivity contribution is -0.156. The summed E-state index contributed by atoms with van der Waals surface area (Å²) < 4.78 is 6.13. The number of hydrogen-bond acceptors (Lipinski definition) is 3. The molecule has 3 nitrogen and oxygen atoms in total. The van der Waals surface area contributed by atoms with Crippen molar-refractivity contribution in [2.45, 2.75) is 43.7 Å². The highest BCUT2D eigenvalue weighted by Gasteiger charge is 2.43. The molecule has 1 saturated heterocycles. The highest BCUT2D eigenvalue weighted by molar-refractivity contribution is 5.87. The Morgan fingerprint density at radius 1 is 0.962 bits per heavy atom. The molecular weight excluding hydrogens is 322 g/mol. The fraction of sp³-hybridized carbons (Fsp3) is 0.435. The number of esters is 1. The normalized spacial score (nSPS) is 25.8. The SMILES string of the molecule is CN1CC2CC1C[C@H](OC(=O)C(C)(c1ccccc1)c1ccccc1)C2. The first-order chi connectivity index (χ1) is 12.6. The third-order valence-electron chi connectivity index (χ3n) is 6.29. The average Bonchev–Trinajstić information content (AvgIpc) is 2.94. The Balaban J connectivity index is 1.61. The van der Waals surface area contributed by atoms with Gasteiger partial charge in [-0.15, -0.1) is 0 Å². The Kier molecular flexibility index (Phi) is 4.58. The number of nitrogens with zero attached hydrogens (tertiary/aromatic N) is 1. The number of carbonyl (C=O) groups excluding carboxylic acids is 1. The minimum absolute atomic E-state index is 0.0305. The first kappa shape index (κ1) is 17.3. The summed E-state index contributed by atoms with van der Waals surface area (Å²) in [5, 5.41) is 0. The molecule has 136 valence electrons. The van der Waals surface area contributed by atoms with E-state index in [0.29, 0.717) is 12.0 Å². The molecule has 26 heavy (non-hydrogen) atoms. The minimum atomic E-state index is -0.787. The largest absolute Gasteiger partial charge is 0.461 e. The van der Waals surface area contributed by atoms with Crippen LogP contribution in [0.4, 0.5) is 0 Å². The molecular formula is C23H27NO2. The molecule has 1 aliphatic carbocycles. The predicted octanol–water partition coefficient (Wildman–Crippen LogP) is 4.02. The van der Waals surface area contributed by atoms with E-state index in [1.165, 1.54) is 6.42 Å². The number of rotatable bonds is 4. The number of likely N-dealkylation sites (tertiary alicyclic amines) is 1. The second-order valence-corrected chi connectivity index (χ2v) is 8.05. The van der Waals surface area contributed by atoms with Gasteiger partial charge in [0, 0.05) is 12.6 Å². The maximum Gasteiger partial charge on any atom is 0.321 e. The van der Waals surface area contributed by atoms with E-state index in [0.717, 1.165) is 30.5 Å². The molecule has 1 saturated carbocycles. The number of fused-ring (bicyclic) bond motifs is 2. The average molecular weight is 349 g/mol. The fourth-order valence-corrected chi connectivity index (χ4v) is 4.72. The van der Waals surface area contributed by atoms with Crippen molar-refractivity contribution in [2.75, 3.05) is 13.6 Å². The molecule has 1 heterocycles. The van der Waals surface area contributed by atoms with Crippen LogP contribution in [0.3, 0.4) is 0 Å². The highest BCUT2D eigenvalue weighted by atomic mass is 16.5. The van der Waals surface area contributed by atoms with Gasteiger partial charge in [0.2, 0.25) is 0 Å². The first-order valence-electron chi connectivity index (χ1n) is 9.59. The van der Waals surface area contributed by atoms with E-state index in [1.54, 1.807) is 0 Å². The van der Waals surface area contributed by atoms with Gasteiger partial charge in [-0.2, -0.15) is 0 Å². The molecule has 0 amide bonds. The second-order valence-electron chi connectivity index (χ2n) is 8.05. The van der Waals surface area contributed by atoms with Gasteiger partial charge in [-0.3, -0.25) is 4.79 Å². The van der Waals surface area contributed by atoms with Crippen molar-refractivity contribution >= 4 is 5.97 Å². The van der Waals surface area contributed by atoms with Crippen molar-refractivity contribution in [2.24, 2.45) is 5.92 Å². The summed E-state index contributed by atoms with van der Waals surface area (Å²) in [5.41, 5.74) is 1.17. The van der Waals surface area contributed by atoms with Gasteiger partial charge in [0.05, 0.1) is 0 Å². The second kappa shape index (κ2) is 6.88. The molecule has 0 radical (unpaired) electrons. The van der Waals surface area contributed by atoms with Gasteiger partial charge in [-0.25, -0.2) is 0 Å². The zero-order chi connectivity index (χ0) is 18.1. The van der Waals surface area contributed by atoms with Gasteiger partial charge in [0.15, 0.2) is 0 Å². The van der Waals surface area contributed by atoms with E-state index in [1.807, 2.05) is 67.6 Å². The predicted molar refractivity (Wildman–Crippen MR) is 103 cm³/mol. The van der Waals surface area contributed by atoms with Gasteiger partial charge in [-0.05, 0) is 50.3 Å². The maximum atomic E-state index is 13.4. The molecule has 3 atom stereocenters. The Morgan fingerprint density at radius 2 is 1.54 bits per heavy atom. The molecule has 2 unspecified atom stereocenters. The molecule has 4 rings (SSSR count). The summed E-state index contributed by atoms with van der Waals surface area (Å²) in [6.45, 7) is 3.12. The zero-order valence-corrected chi connectivity index (χ0v) is 15.6. The van der Waals surface area contributed by atoms with Crippen molar-refractivity contribution < 1.29 is 9.53 Å². The molecule has 2 bridgehead atoms. The highest BCUT2D eigenvalue weighted by Crippen LogP contribution is 2.38. The molecule has 0 N–H and O–H groups in total. The summed E-state index contributed by atoms with van der Waals surface area (Å²) in [4.78, 5) is 15.8. The van der Waals surface area contributed by atoms with E-state index in [2.05, 4.69) is 11.9 Å². The molecule has 2 aromatic rings. The van der Waals surface area contributed by atoms with Gasteiger partial charge < -0.3 is 9.64 Å². The molecule has 2 aromatic carbocycles. The minimum Gasteiger partial charge on any atom is -0.461 e. The van der Waals surface area contributed by atoms with E-state index in [4.69, 9.17) is 4.74 Å². The Labute approximate surface area is 156 Å². The lowest BCUT2D eigenvalue weighted by atomic mass is 9.76. The van der Waals surface area contributed by atoms with Crippen LogP contribution in [-0.2, 0) is 14.9 Å². The third kappa shape index (κ3) is 3.05. The summed E-state index contributed by atoms with van der Waals surface area (Å²) in [6.07, 6.45) is 3.23. The van der Waals surface area contributed by atoms with Crippen molar-refractivity contribution in [1.82, 2.24) is 4.90 Å². The smallest absolute Gasteiger partial charge is 0.321 e. The molecule has 1 aliphatic heterocycles. The van der Waals surface area contributed by atoms with Gasteiger partial charge >= 0.3 is 5.97 Å². The van der Waals surface area contributed by atoms with Crippen LogP contribution in [0.2, 0.25) is 0 Å².